The Morgan fingerprint density at radius 3 is 1.00 bits per heavy atom. The molecule has 0 rings (SSSR count). The topological polar surface area (TPSA) is 0 Å². The largest absolute Gasteiger partial charge is 0.0654 e. The van der Waals surface area contributed by atoms with Gasteiger partial charge in [-0.1, -0.05) is 175 Å². The van der Waals surface area contributed by atoms with E-state index in [2.05, 4.69) is 20.8 Å². The first-order valence-corrected chi connectivity index (χ1v) is 13.6. The highest BCUT2D eigenvalue weighted by Gasteiger charge is 2.08. The van der Waals surface area contributed by atoms with Gasteiger partial charge >= 0.3 is 0 Å². The molecule has 0 fully saturated rings. The van der Waals surface area contributed by atoms with Gasteiger partial charge in [-0.05, 0) is 5.92 Å². The SMILES string of the molecule is [CH2]CCCCC(CCCCCCCC)CCCCCCCCCCCCCC. The van der Waals surface area contributed by atoms with Crippen LogP contribution >= 0.6 is 0 Å². The van der Waals surface area contributed by atoms with Crippen LogP contribution in [-0.4, -0.2) is 0 Å². The third kappa shape index (κ3) is 22.3. The van der Waals surface area contributed by atoms with Gasteiger partial charge in [0.1, 0.15) is 0 Å². The first-order valence-electron chi connectivity index (χ1n) is 13.6. The molecule has 169 valence electrons. The van der Waals surface area contributed by atoms with Gasteiger partial charge in [0.05, 0.1) is 0 Å². The predicted molar refractivity (Wildman–Crippen MR) is 131 cm³/mol. The summed E-state index contributed by atoms with van der Waals surface area (Å²) in [4.78, 5) is 0. The summed E-state index contributed by atoms with van der Waals surface area (Å²) < 4.78 is 0. The summed E-state index contributed by atoms with van der Waals surface area (Å²) in [5.74, 6) is 1.01. The third-order valence-corrected chi connectivity index (χ3v) is 6.54. The molecule has 0 heteroatoms. The van der Waals surface area contributed by atoms with Gasteiger partial charge in [0.15, 0.2) is 0 Å². The molecule has 0 saturated heterocycles. The average molecular weight is 394 g/mol. The van der Waals surface area contributed by atoms with Crippen LogP contribution in [0.1, 0.15) is 168 Å². The van der Waals surface area contributed by atoms with E-state index in [-0.39, 0.29) is 0 Å². The molecule has 1 atom stereocenters. The maximum absolute atomic E-state index is 4.02. The Bertz CT molecular complexity index is 257. The Morgan fingerprint density at radius 1 is 0.393 bits per heavy atom. The zero-order valence-electron chi connectivity index (χ0n) is 20.3. The third-order valence-electron chi connectivity index (χ3n) is 6.54. The highest BCUT2D eigenvalue weighted by Crippen LogP contribution is 2.24. The van der Waals surface area contributed by atoms with E-state index >= 15 is 0 Å². The fourth-order valence-electron chi connectivity index (χ4n) is 4.53. The molecule has 0 aliphatic carbocycles. The lowest BCUT2D eigenvalue weighted by atomic mass is 9.89. The van der Waals surface area contributed by atoms with Crippen molar-refractivity contribution in [3.63, 3.8) is 0 Å². The van der Waals surface area contributed by atoms with Gasteiger partial charge in [0, 0.05) is 0 Å². The lowest BCUT2D eigenvalue weighted by Crippen LogP contribution is -2.01. The summed E-state index contributed by atoms with van der Waals surface area (Å²) in [7, 11) is 0. The second kappa shape index (κ2) is 25.0. The van der Waals surface area contributed by atoms with Crippen LogP contribution in [0.5, 0.6) is 0 Å². The Labute approximate surface area is 181 Å². The van der Waals surface area contributed by atoms with Crippen molar-refractivity contribution in [2.75, 3.05) is 0 Å². The number of unbranched alkanes of at least 4 members (excludes halogenated alkanes) is 18. The van der Waals surface area contributed by atoms with Crippen molar-refractivity contribution in [2.45, 2.75) is 168 Å². The van der Waals surface area contributed by atoms with Crippen LogP contribution in [0.15, 0.2) is 0 Å². The van der Waals surface area contributed by atoms with E-state index in [0.717, 1.165) is 12.3 Å². The van der Waals surface area contributed by atoms with Gasteiger partial charge in [0.25, 0.3) is 0 Å². The van der Waals surface area contributed by atoms with Crippen LogP contribution < -0.4 is 0 Å². The molecule has 0 nitrogen and oxygen atoms in total. The zero-order chi connectivity index (χ0) is 20.5. The quantitative estimate of drug-likeness (QED) is 0.143. The van der Waals surface area contributed by atoms with Crippen LogP contribution in [-0.2, 0) is 0 Å². The van der Waals surface area contributed by atoms with Gasteiger partial charge < -0.3 is 0 Å². The normalized spacial score (nSPS) is 12.5. The van der Waals surface area contributed by atoms with Gasteiger partial charge in [0.2, 0.25) is 0 Å². The number of hydrogen-bond donors (Lipinski definition) is 0. The fraction of sp³-hybridized carbons (Fsp3) is 0.964. The Balaban J connectivity index is 3.55. The molecular formula is C28H57. The summed E-state index contributed by atoms with van der Waals surface area (Å²) in [6.45, 7) is 8.64. The van der Waals surface area contributed by atoms with Crippen LogP contribution in [0.3, 0.4) is 0 Å². The van der Waals surface area contributed by atoms with E-state index in [1.165, 1.54) is 148 Å². The summed E-state index contributed by atoms with van der Waals surface area (Å²) in [5, 5.41) is 0. The van der Waals surface area contributed by atoms with Crippen molar-refractivity contribution in [1.29, 1.82) is 0 Å². The summed E-state index contributed by atoms with van der Waals surface area (Å²) in [6, 6.07) is 0. The standard InChI is InChI=1S/C28H57/c1-4-7-10-12-14-15-16-17-18-19-21-24-27-28(25-22-9-6-3)26-23-20-13-11-8-5-2/h28H,3-27H2,1-2H3. The minimum atomic E-state index is 1.01. The molecule has 28 heavy (non-hydrogen) atoms. The molecule has 0 aromatic rings. The molecule has 0 aromatic carbocycles. The molecule has 0 N–H and O–H groups in total. The minimum absolute atomic E-state index is 1.01. The number of rotatable bonds is 24. The number of hydrogen-bond acceptors (Lipinski definition) is 0. The van der Waals surface area contributed by atoms with Crippen LogP contribution in [0.25, 0.3) is 0 Å². The molecule has 0 aliphatic heterocycles. The molecular weight excluding hydrogens is 336 g/mol. The van der Waals surface area contributed by atoms with E-state index in [0.29, 0.717) is 0 Å². The fourth-order valence-corrected chi connectivity index (χ4v) is 4.53. The Hall–Kier alpha value is 0. The molecule has 0 aliphatic rings. The van der Waals surface area contributed by atoms with E-state index < -0.39 is 0 Å². The molecule has 0 bridgehead atoms. The molecule has 0 saturated carbocycles. The second-order valence-corrected chi connectivity index (χ2v) is 9.45. The summed E-state index contributed by atoms with van der Waals surface area (Å²) >= 11 is 0. The van der Waals surface area contributed by atoms with Crippen molar-refractivity contribution in [3.05, 3.63) is 6.92 Å². The second-order valence-electron chi connectivity index (χ2n) is 9.45. The Kier molecular flexibility index (Phi) is 25.0. The monoisotopic (exact) mass is 393 g/mol. The first kappa shape index (κ1) is 28.0. The molecule has 1 unspecified atom stereocenters. The van der Waals surface area contributed by atoms with Crippen molar-refractivity contribution >= 4 is 0 Å². The molecule has 0 spiro atoms. The maximum Gasteiger partial charge on any atom is -0.0414 e. The molecule has 1 radical (unpaired) electrons. The van der Waals surface area contributed by atoms with E-state index in [1.54, 1.807) is 0 Å². The minimum Gasteiger partial charge on any atom is -0.0654 e. The molecule has 0 heterocycles. The first-order chi connectivity index (χ1) is 13.8. The zero-order valence-corrected chi connectivity index (χ0v) is 20.3. The van der Waals surface area contributed by atoms with E-state index in [9.17, 15) is 0 Å². The van der Waals surface area contributed by atoms with Crippen molar-refractivity contribution in [3.8, 4) is 0 Å². The molecule has 0 amide bonds. The van der Waals surface area contributed by atoms with Crippen molar-refractivity contribution in [1.82, 2.24) is 0 Å². The van der Waals surface area contributed by atoms with E-state index in [4.69, 9.17) is 0 Å². The Morgan fingerprint density at radius 2 is 0.679 bits per heavy atom. The van der Waals surface area contributed by atoms with Crippen LogP contribution in [0.2, 0.25) is 0 Å². The van der Waals surface area contributed by atoms with Crippen molar-refractivity contribution < 1.29 is 0 Å². The predicted octanol–water partition coefficient (Wildman–Crippen LogP) is 10.8. The van der Waals surface area contributed by atoms with Crippen LogP contribution in [0.4, 0.5) is 0 Å². The van der Waals surface area contributed by atoms with Gasteiger partial charge in [-0.3, -0.25) is 0 Å². The lowest BCUT2D eigenvalue weighted by molar-refractivity contribution is 0.368. The average Bonchev–Trinajstić information content (AvgIpc) is 2.71. The van der Waals surface area contributed by atoms with Gasteiger partial charge in [-0.25, -0.2) is 0 Å². The maximum atomic E-state index is 4.02. The highest BCUT2D eigenvalue weighted by molar-refractivity contribution is 4.62. The van der Waals surface area contributed by atoms with Gasteiger partial charge in [-0.15, -0.1) is 0 Å². The summed E-state index contributed by atoms with van der Waals surface area (Å²) in [6.07, 6.45) is 34.7. The lowest BCUT2D eigenvalue weighted by Gasteiger charge is -2.17. The van der Waals surface area contributed by atoms with Crippen LogP contribution in [0, 0.1) is 12.8 Å². The smallest absolute Gasteiger partial charge is 0.0414 e. The van der Waals surface area contributed by atoms with E-state index in [1.807, 2.05) is 0 Å². The van der Waals surface area contributed by atoms with Gasteiger partial charge in [-0.2, -0.15) is 0 Å². The summed E-state index contributed by atoms with van der Waals surface area (Å²) in [5.41, 5.74) is 0. The molecule has 0 aromatic heterocycles. The highest BCUT2D eigenvalue weighted by atomic mass is 14.1. The van der Waals surface area contributed by atoms with Crippen molar-refractivity contribution in [2.24, 2.45) is 5.92 Å².